The van der Waals surface area contributed by atoms with E-state index in [2.05, 4.69) is 15.6 Å². The number of pyridine rings is 1. The van der Waals surface area contributed by atoms with Gasteiger partial charge >= 0.3 is 6.03 Å². The van der Waals surface area contributed by atoms with Crippen molar-refractivity contribution in [1.82, 2.24) is 15.6 Å². The molecule has 2 amide bonds. The quantitative estimate of drug-likeness (QED) is 0.816. The Bertz CT molecular complexity index is 571. The molecule has 4 rings (SSSR count). The van der Waals surface area contributed by atoms with Gasteiger partial charge in [0.05, 0.1) is 6.10 Å². The number of carbonyl (C=O) groups excluding carboxylic acids is 1. The van der Waals surface area contributed by atoms with Gasteiger partial charge in [0.2, 0.25) is 0 Å². The van der Waals surface area contributed by atoms with Crippen molar-refractivity contribution in [2.75, 3.05) is 13.2 Å². The number of hydrogen-bond acceptors (Lipinski definition) is 3. The Morgan fingerprint density at radius 2 is 2.21 bits per heavy atom. The summed E-state index contributed by atoms with van der Waals surface area (Å²) < 4.78 is 5.97. The maximum Gasteiger partial charge on any atom is 0.315 e. The number of ether oxygens (including phenoxy) is 1. The van der Waals surface area contributed by atoms with Gasteiger partial charge in [-0.2, -0.15) is 0 Å². The number of aryl methyl sites for hydroxylation is 1. The molecule has 3 atom stereocenters. The molecule has 0 radical (unpaired) electrons. The Hall–Kier alpha value is -1.62. The minimum absolute atomic E-state index is 0.0161. The van der Waals surface area contributed by atoms with Crippen LogP contribution in [0.4, 0.5) is 4.79 Å². The second kappa shape index (κ2) is 6.71. The molecule has 2 aliphatic carbocycles. The maximum atomic E-state index is 12.3. The van der Waals surface area contributed by atoms with E-state index >= 15 is 0 Å². The molecule has 5 heteroatoms. The summed E-state index contributed by atoms with van der Waals surface area (Å²) in [7, 11) is 0. The normalized spacial score (nSPS) is 29.9. The highest BCUT2D eigenvalue weighted by Gasteiger charge is 2.65. The number of rotatable bonds is 5. The molecule has 5 nitrogen and oxygen atoms in total. The van der Waals surface area contributed by atoms with Crippen LogP contribution in [0.1, 0.15) is 44.2 Å². The van der Waals surface area contributed by atoms with Crippen LogP contribution < -0.4 is 10.6 Å². The molecular formula is C19H27N3O2. The second-order valence-corrected chi connectivity index (χ2v) is 7.49. The van der Waals surface area contributed by atoms with Crippen LogP contribution in [0, 0.1) is 11.3 Å². The van der Waals surface area contributed by atoms with Crippen molar-refractivity contribution >= 4 is 6.03 Å². The summed E-state index contributed by atoms with van der Waals surface area (Å²) in [6.45, 7) is 1.55. The lowest BCUT2D eigenvalue weighted by atomic mass is 9.54. The molecule has 1 spiro atoms. The van der Waals surface area contributed by atoms with Crippen LogP contribution in [0.2, 0.25) is 0 Å². The first-order valence-electron chi connectivity index (χ1n) is 9.35. The standard InChI is InChI=1S/C19H27N3O2/c23-18(21-12-5-7-14-6-1-4-11-20-14)22-16-15-8-13-24-17(15)19(16)9-2-3-10-19/h1,4,6,11,15-17H,2-3,5,7-10,12-13H2,(H2,21,22,23)/t15-,16+,17-/m0/s1. The van der Waals surface area contributed by atoms with Crippen LogP contribution in [0.3, 0.4) is 0 Å². The Morgan fingerprint density at radius 3 is 3.00 bits per heavy atom. The van der Waals surface area contributed by atoms with Crippen LogP contribution >= 0.6 is 0 Å². The highest BCUT2D eigenvalue weighted by atomic mass is 16.5. The highest BCUT2D eigenvalue weighted by Crippen LogP contribution is 2.60. The molecule has 24 heavy (non-hydrogen) atoms. The van der Waals surface area contributed by atoms with E-state index in [-0.39, 0.29) is 11.4 Å². The van der Waals surface area contributed by atoms with Gasteiger partial charge in [-0.1, -0.05) is 18.9 Å². The average Bonchev–Trinajstić information content (AvgIpc) is 3.26. The zero-order valence-corrected chi connectivity index (χ0v) is 14.2. The van der Waals surface area contributed by atoms with Crippen LogP contribution in [0.15, 0.2) is 24.4 Å². The van der Waals surface area contributed by atoms with E-state index in [4.69, 9.17) is 4.74 Å². The third kappa shape index (κ3) is 2.79. The summed E-state index contributed by atoms with van der Waals surface area (Å²) in [5.74, 6) is 0.530. The Morgan fingerprint density at radius 1 is 1.33 bits per heavy atom. The average molecular weight is 329 g/mol. The smallest absolute Gasteiger partial charge is 0.315 e. The van der Waals surface area contributed by atoms with Crippen LogP contribution in [-0.2, 0) is 11.2 Å². The van der Waals surface area contributed by atoms with Crippen LogP contribution in [-0.4, -0.2) is 36.3 Å². The molecule has 1 aromatic rings. The summed E-state index contributed by atoms with van der Waals surface area (Å²) in [6, 6.07) is 6.24. The number of nitrogens with one attached hydrogen (secondary N) is 2. The first kappa shape index (κ1) is 15.9. The predicted octanol–water partition coefficient (Wildman–Crippen LogP) is 2.66. The fourth-order valence-corrected chi connectivity index (χ4v) is 5.11. The molecular weight excluding hydrogens is 302 g/mol. The summed E-state index contributed by atoms with van der Waals surface area (Å²) in [4.78, 5) is 16.6. The number of fused-ring (bicyclic) bond motifs is 2. The van der Waals surface area contributed by atoms with E-state index in [1.54, 1.807) is 0 Å². The number of carbonyl (C=O) groups is 1. The Kier molecular flexibility index (Phi) is 4.44. The topological polar surface area (TPSA) is 63.2 Å². The Labute approximate surface area is 143 Å². The molecule has 1 saturated heterocycles. The van der Waals surface area contributed by atoms with Gasteiger partial charge < -0.3 is 15.4 Å². The molecule has 0 bridgehead atoms. The van der Waals surface area contributed by atoms with Crippen molar-refractivity contribution in [3.05, 3.63) is 30.1 Å². The lowest BCUT2D eigenvalue weighted by Crippen LogP contribution is -2.69. The summed E-state index contributed by atoms with van der Waals surface area (Å²) in [6.07, 6.45) is 10.1. The summed E-state index contributed by atoms with van der Waals surface area (Å²) in [5, 5.41) is 6.29. The molecule has 2 N–H and O–H groups in total. The van der Waals surface area contributed by atoms with Gasteiger partial charge in [0.25, 0.3) is 0 Å². The molecule has 1 aliphatic heterocycles. The van der Waals surface area contributed by atoms with Crippen molar-refractivity contribution in [3.63, 3.8) is 0 Å². The molecule has 1 aromatic heterocycles. The van der Waals surface area contributed by atoms with Crippen LogP contribution in [0.5, 0.6) is 0 Å². The summed E-state index contributed by atoms with van der Waals surface area (Å²) >= 11 is 0. The van der Waals surface area contributed by atoms with E-state index < -0.39 is 0 Å². The summed E-state index contributed by atoms with van der Waals surface area (Å²) in [5.41, 5.74) is 1.31. The minimum atomic E-state index is -0.0161. The first-order chi connectivity index (χ1) is 11.8. The van der Waals surface area contributed by atoms with Crippen molar-refractivity contribution < 1.29 is 9.53 Å². The van der Waals surface area contributed by atoms with Crippen molar-refractivity contribution in [3.8, 4) is 0 Å². The van der Waals surface area contributed by atoms with E-state index in [0.29, 0.717) is 24.6 Å². The van der Waals surface area contributed by atoms with Crippen molar-refractivity contribution in [2.45, 2.75) is 57.1 Å². The van der Waals surface area contributed by atoms with Gasteiger partial charge in [-0.15, -0.1) is 0 Å². The minimum Gasteiger partial charge on any atom is -0.377 e. The molecule has 2 heterocycles. The van der Waals surface area contributed by atoms with Gasteiger partial charge in [0.15, 0.2) is 0 Å². The van der Waals surface area contributed by atoms with E-state index in [9.17, 15) is 4.79 Å². The number of aromatic nitrogens is 1. The van der Waals surface area contributed by atoms with E-state index in [0.717, 1.165) is 31.6 Å². The lowest BCUT2D eigenvalue weighted by molar-refractivity contribution is -0.126. The number of urea groups is 1. The predicted molar refractivity (Wildman–Crippen MR) is 91.6 cm³/mol. The molecule has 0 aromatic carbocycles. The largest absolute Gasteiger partial charge is 0.377 e. The number of hydrogen-bond donors (Lipinski definition) is 2. The van der Waals surface area contributed by atoms with Crippen molar-refractivity contribution in [1.29, 1.82) is 0 Å². The van der Waals surface area contributed by atoms with Gasteiger partial charge in [0.1, 0.15) is 0 Å². The fraction of sp³-hybridized carbons (Fsp3) is 0.684. The first-order valence-corrected chi connectivity index (χ1v) is 9.35. The van der Waals surface area contributed by atoms with Gasteiger partial charge in [0, 0.05) is 42.4 Å². The third-order valence-corrected chi connectivity index (χ3v) is 6.19. The fourth-order valence-electron chi connectivity index (χ4n) is 5.11. The second-order valence-electron chi connectivity index (χ2n) is 7.49. The molecule has 2 saturated carbocycles. The van der Waals surface area contributed by atoms with Crippen molar-refractivity contribution in [2.24, 2.45) is 11.3 Å². The van der Waals surface area contributed by atoms with Gasteiger partial charge in [-0.3, -0.25) is 4.98 Å². The zero-order chi connectivity index (χ0) is 16.4. The van der Waals surface area contributed by atoms with Gasteiger partial charge in [-0.05, 0) is 44.2 Å². The van der Waals surface area contributed by atoms with Gasteiger partial charge in [-0.25, -0.2) is 4.79 Å². The highest BCUT2D eigenvalue weighted by molar-refractivity contribution is 5.74. The molecule has 130 valence electrons. The number of amides is 2. The molecule has 3 aliphatic rings. The van der Waals surface area contributed by atoms with E-state index in [1.165, 1.54) is 25.7 Å². The molecule has 3 fully saturated rings. The van der Waals surface area contributed by atoms with Crippen LogP contribution in [0.25, 0.3) is 0 Å². The third-order valence-electron chi connectivity index (χ3n) is 6.19. The zero-order valence-electron chi connectivity index (χ0n) is 14.2. The Balaban J connectivity index is 1.24. The maximum absolute atomic E-state index is 12.3. The number of nitrogens with zero attached hydrogens (tertiary/aromatic N) is 1. The van der Waals surface area contributed by atoms with E-state index in [1.807, 2.05) is 24.4 Å². The molecule has 0 unspecified atom stereocenters. The lowest BCUT2D eigenvalue weighted by Gasteiger charge is -2.56. The monoisotopic (exact) mass is 329 g/mol. The SMILES string of the molecule is O=C(NCCCc1ccccn1)N[C@@H]1[C@@H]2CCO[C@@H]2C12CCCC2.